The number of halogens is 3. The molecule has 0 bridgehead atoms. The van der Waals surface area contributed by atoms with Crippen LogP contribution in [0.4, 0.5) is 18.9 Å². The lowest BCUT2D eigenvalue weighted by atomic mass is 9.72. The van der Waals surface area contributed by atoms with Crippen molar-refractivity contribution in [2.45, 2.75) is 50.3 Å². The van der Waals surface area contributed by atoms with Gasteiger partial charge in [-0.25, -0.2) is 4.68 Å². The molecule has 2 N–H and O–H groups in total. The number of nitriles is 1. The zero-order chi connectivity index (χ0) is 24.5. The summed E-state index contributed by atoms with van der Waals surface area (Å²) in [6.45, 7) is 1.65. The van der Waals surface area contributed by atoms with Gasteiger partial charge in [0.25, 0.3) is 5.91 Å². The molecule has 1 saturated carbocycles. The van der Waals surface area contributed by atoms with E-state index in [0.717, 1.165) is 12.1 Å². The van der Waals surface area contributed by atoms with Gasteiger partial charge in [0, 0.05) is 0 Å². The minimum atomic E-state index is -4.43. The van der Waals surface area contributed by atoms with Crippen molar-refractivity contribution in [1.82, 2.24) is 14.8 Å². The predicted molar refractivity (Wildman–Crippen MR) is 117 cm³/mol. The third-order valence-corrected chi connectivity index (χ3v) is 6.23. The van der Waals surface area contributed by atoms with Gasteiger partial charge < -0.3 is 10.4 Å². The molecule has 0 unspecified atom stereocenters. The fourth-order valence-electron chi connectivity index (χ4n) is 4.15. The molecule has 4 rings (SSSR count). The summed E-state index contributed by atoms with van der Waals surface area (Å²) in [5.74, 6) is -0.444. The number of nitrogens with zero attached hydrogens (tertiary/aromatic N) is 4. The van der Waals surface area contributed by atoms with E-state index in [0.29, 0.717) is 48.4 Å². The lowest BCUT2D eigenvalue weighted by molar-refractivity contribution is -0.137. The Morgan fingerprint density at radius 2 is 1.85 bits per heavy atom. The minimum absolute atomic E-state index is 0.263. The van der Waals surface area contributed by atoms with Gasteiger partial charge in [0.2, 0.25) is 0 Å². The second-order valence-electron chi connectivity index (χ2n) is 8.41. The van der Waals surface area contributed by atoms with Crippen LogP contribution in [0.1, 0.15) is 53.0 Å². The minimum Gasteiger partial charge on any atom is -0.393 e. The van der Waals surface area contributed by atoms with Crippen LogP contribution < -0.4 is 5.32 Å². The Morgan fingerprint density at radius 1 is 1.18 bits per heavy atom. The van der Waals surface area contributed by atoms with Crippen molar-refractivity contribution in [3.05, 3.63) is 71.3 Å². The largest absolute Gasteiger partial charge is 0.416 e. The van der Waals surface area contributed by atoms with Crippen molar-refractivity contribution in [3.63, 3.8) is 0 Å². The average Bonchev–Trinajstić information content (AvgIpc) is 3.21. The Morgan fingerprint density at radius 3 is 2.41 bits per heavy atom. The molecule has 1 aliphatic carbocycles. The van der Waals surface area contributed by atoms with E-state index in [1.165, 1.54) is 29.2 Å². The van der Waals surface area contributed by atoms with Crippen molar-refractivity contribution in [2.75, 3.05) is 5.32 Å². The zero-order valence-electron chi connectivity index (χ0n) is 18.3. The first-order chi connectivity index (χ1) is 16.1. The van der Waals surface area contributed by atoms with E-state index >= 15 is 0 Å². The molecule has 10 heteroatoms. The molecule has 0 radical (unpaired) electrons. The maximum Gasteiger partial charge on any atom is 0.416 e. The average molecular weight is 469 g/mol. The molecule has 34 heavy (non-hydrogen) atoms. The van der Waals surface area contributed by atoms with Gasteiger partial charge in [-0.05, 0) is 69.0 Å². The van der Waals surface area contributed by atoms with Gasteiger partial charge in [0.05, 0.1) is 63.9 Å². The number of amides is 1. The van der Waals surface area contributed by atoms with Gasteiger partial charge in [-0.1, -0.05) is 0 Å². The highest BCUT2D eigenvalue weighted by Crippen LogP contribution is 2.38. The van der Waals surface area contributed by atoms with Crippen LogP contribution in [-0.2, 0) is 11.6 Å². The highest BCUT2D eigenvalue weighted by molar-refractivity contribution is 6.04. The summed E-state index contributed by atoms with van der Waals surface area (Å²) in [6.07, 6.45) is 0.113. The van der Waals surface area contributed by atoms with Crippen LogP contribution in [0.5, 0.6) is 0 Å². The Labute approximate surface area is 193 Å². The number of aliphatic hydroxyl groups is 1. The van der Waals surface area contributed by atoms with E-state index in [4.69, 9.17) is 0 Å². The van der Waals surface area contributed by atoms with Crippen LogP contribution in [0.15, 0.2) is 48.8 Å². The van der Waals surface area contributed by atoms with Crippen LogP contribution >= 0.6 is 0 Å². The van der Waals surface area contributed by atoms with Gasteiger partial charge in [0.1, 0.15) is 0 Å². The molecule has 3 aromatic rings. The number of aliphatic hydroxyl groups excluding tert-OH is 1. The van der Waals surface area contributed by atoms with Crippen LogP contribution in [-0.4, -0.2) is 31.9 Å². The summed E-state index contributed by atoms with van der Waals surface area (Å²) in [5.41, 5.74) is 0.643. The summed E-state index contributed by atoms with van der Waals surface area (Å²) >= 11 is 0. The first-order valence-corrected chi connectivity index (χ1v) is 10.7. The fraction of sp³-hybridized carbons (Fsp3) is 0.333. The summed E-state index contributed by atoms with van der Waals surface area (Å²) in [6, 6.07) is 10.2. The number of rotatable bonds is 4. The van der Waals surface area contributed by atoms with Crippen molar-refractivity contribution < 1.29 is 23.1 Å². The lowest BCUT2D eigenvalue weighted by Crippen LogP contribution is -2.33. The monoisotopic (exact) mass is 469 g/mol. The van der Waals surface area contributed by atoms with Gasteiger partial charge in [-0.2, -0.15) is 23.5 Å². The van der Waals surface area contributed by atoms with Crippen molar-refractivity contribution in [1.29, 1.82) is 5.26 Å². The quantitative estimate of drug-likeness (QED) is 0.584. The SMILES string of the molecule is Cc1c(C(=O)Nc2ccc(C3(C#N)CCC(O)CC3)nc2)cnn1-c1ccc(C(F)(F)F)cc1. The fourth-order valence-corrected chi connectivity index (χ4v) is 4.15. The molecule has 1 amide bonds. The van der Waals surface area contributed by atoms with Crippen LogP contribution in [0.2, 0.25) is 0 Å². The van der Waals surface area contributed by atoms with Crippen molar-refractivity contribution in [2.24, 2.45) is 0 Å². The van der Waals surface area contributed by atoms with E-state index in [2.05, 4.69) is 21.5 Å². The number of benzene rings is 1. The topological polar surface area (TPSA) is 104 Å². The van der Waals surface area contributed by atoms with Gasteiger partial charge in [-0.3, -0.25) is 9.78 Å². The second-order valence-corrected chi connectivity index (χ2v) is 8.41. The zero-order valence-corrected chi connectivity index (χ0v) is 18.3. The summed E-state index contributed by atoms with van der Waals surface area (Å²) in [4.78, 5) is 17.2. The van der Waals surface area contributed by atoms with E-state index in [9.17, 15) is 28.3 Å². The summed E-state index contributed by atoms with van der Waals surface area (Å²) in [5, 5.41) is 26.3. The van der Waals surface area contributed by atoms with Gasteiger partial charge in [-0.15, -0.1) is 0 Å². The van der Waals surface area contributed by atoms with E-state index < -0.39 is 29.2 Å². The molecule has 0 aliphatic heterocycles. The third-order valence-electron chi connectivity index (χ3n) is 6.23. The van der Waals surface area contributed by atoms with Crippen LogP contribution in [0.25, 0.3) is 5.69 Å². The number of pyridine rings is 1. The first-order valence-electron chi connectivity index (χ1n) is 10.7. The molecule has 2 heterocycles. The molecular weight excluding hydrogens is 447 g/mol. The van der Waals surface area contributed by atoms with Crippen molar-refractivity contribution in [3.8, 4) is 11.8 Å². The lowest BCUT2D eigenvalue weighted by Gasteiger charge is -2.32. The van der Waals surface area contributed by atoms with Crippen LogP contribution in [0.3, 0.4) is 0 Å². The number of alkyl halides is 3. The third kappa shape index (κ3) is 4.52. The number of nitrogens with one attached hydrogen (secondary N) is 1. The van der Waals surface area contributed by atoms with Crippen LogP contribution in [0, 0.1) is 18.3 Å². The molecule has 7 nitrogen and oxygen atoms in total. The summed E-state index contributed by atoms with van der Waals surface area (Å²) in [7, 11) is 0. The molecule has 0 spiro atoms. The normalized spacial score (nSPS) is 20.5. The van der Waals surface area contributed by atoms with Gasteiger partial charge in [0.15, 0.2) is 0 Å². The maximum atomic E-state index is 12.8. The molecule has 176 valence electrons. The second kappa shape index (κ2) is 8.91. The van der Waals surface area contributed by atoms with Gasteiger partial charge >= 0.3 is 6.18 Å². The molecular formula is C24H22F3N5O2. The molecule has 2 aromatic heterocycles. The molecule has 1 aromatic carbocycles. The summed E-state index contributed by atoms with van der Waals surface area (Å²) < 4.78 is 39.8. The van der Waals surface area contributed by atoms with E-state index in [-0.39, 0.29) is 5.56 Å². The van der Waals surface area contributed by atoms with Crippen molar-refractivity contribution >= 4 is 11.6 Å². The smallest absolute Gasteiger partial charge is 0.393 e. The highest BCUT2D eigenvalue weighted by atomic mass is 19.4. The molecule has 0 atom stereocenters. The Bertz CT molecular complexity index is 1220. The standard InChI is InChI=1S/C24H22F3N5O2/c1-15-20(13-30-32(15)18-5-2-16(3-6-18)24(25,26)27)22(34)31-17-4-7-21(29-12-17)23(14-28)10-8-19(33)9-11-23/h2-7,12-13,19,33H,8-11H2,1H3,(H,31,34). The molecule has 0 saturated heterocycles. The number of carbonyl (C=O) groups excluding carboxylic acids is 1. The maximum absolute atomic E-state index is 12.8. The Kier molecular flexibility index (Phi) is 6.15. The molecule has 1 fully saturated rings. The highest BCUT2D eigenvalue weighted by Gasteiger charge is 2.38. The first kappa shape index (κ1) is 23.4. The number of aromatic nitrogens is 3. The predicted octanol–water partition coefficient (Wildman–Crippen LogP) is 4.54. The van der Waals surface area contributed by atoms with E-state index in [1.807, 2.05) is 0 Å². The molecule has 1 aliphatic rings. The number of anilines is 1. The number of hydrogen-bond donors (Lipinski definition) is 2. The Hall–Kier alpha value is -3.71. The van der Waals surface area contributed by atoms with E-state index in [1.54, 1.807) is 19.1 Å². The Balaban J connectivity index is 1.48. The number of hydrogen-bond acceptors (Lipinski definition) is 5. The number of carbonyl (C=O) groups is 1.